The molecule has 3 N–H and O–H groups in total. The topological polar surface area (TPSA) is 82.2 Å². The van der Waals surface area contributed by atoms with Crippen molar-refractivity contribution in [1.29, 1.82) is 0 Å². The zero-order chi connectivity index (χ0) is 22.0. The molecule has 29 heavy (non-hydrogen) atoms. The van der Waals surface area contributed by atoms with Crippen LogP contribution >= 0.6 is 0 Å². The van der Waals surface area contributed by atoms with Crippen molar-refractivity contribution in [3.63, 3.8) is 0 Å². The Bertz CT molecular complexity index is 896. The van der Waals surface area contributed by atoms with Crippen LogP contribution in [0.5, 0.6) is 0 Å². The number of anilines is 1. The molecular weight excluding hydrogens is 364 g/mol. The molecule has 0 bridgehead atoms. The van der Waals surface area contributed by atoms with E-state index in [4.69, 9.17) is 10.5 Å². The molecule has 2 aromatic carbocycles. The number of carbonyl (C=O) groups excluding carboxylic acids is 1. The number of amides is 1. The summed E-state index contributed by atoms with van der Waals surface area (Å²) in [6, 6.07) is 15.5. The van der Waals surface area contributed by atoms with E-state index in [0.29, 0.717) is 12.4 Å². The highest BCUT2D eigenvalue weighted by atomic mass is 16.6. The molecule has 0 aliphatic heterocycles. The van der Waals surface area contributed by atoms with Gasteiger partial charge in [0.1, 0.15) is 11.4 Å². The summed E-state index contributed by atoms with van der Waals surface area (Å²) in [6.45, 7) is 13.9. The van der Waals surface area contributed by atoms with Crippen molar-refractivity contribution >= 4 is 22.8 Å². The number of nitrogen functional groups attached to an aromatic ring is 1. The number of hydrogen-bond acceptors (Lipinski definition) is 4. The van der Waals surface area contributed by atoms with Gasteiger partial charge in [0.05, 0.1) is 11.2 Å². The Kier molecular flexibility index (Phi) is 9.19. The Morgan fingerprint density at radius 1 is 1.07 bits per heavy atom. The summed E-state index contributed by atoms with van der Waals surface area (Å²) in [4.78, 5) is 11.8. The van der Waals surface area contributed by atoms with Crippen molar-refractivity contribution in [2.45, 2.75) is 60.6 Å². The predicted octanol–water partition coefficient (Wildman–Crippen LogP) is 5.68. The van der Waals surface area contributed by atoms with Crippen LogP contribution in [0.15, 0.2) is 48.5 Å². The second-order valence-electron chi connectivity index (χ2n) is 6.84. The predicted molar refractivity (Wildman–Crippen MR) is 121 cm³/mol. The van der Waals surface area contributed by atoms with Gasteiger partial charge >= 0.3 is 6.09 Å². The average Bonchev–Trinajstić information content (AvgIpc) is 3.05. The lowest BCUT2D eigenvalue weighted by Crippen LogP contribution is -2.32. The molecule has 0 atom stereocenters. The van der Waals surface area contributed by atoms with Crippen molar-refractivity contribution in [3.05, 3.63) is 54.1 Å². The average molecular weight is 399 g/mol. The van der Waals surface area contributed by atoms with Gasteiger partial charge in [0.15, 0.2) is 0 Å². The van der Waals surface area contributed by atoms with Crippen LogP contribution in [0.1, 0.15) is 54.0 Å². The Morgan fingerprint density at radius 2 is 1.69 bits per heavy atom. The van der Waals surface area contributed by atoms with E-state index in [0.717, 1.165) is 22.2 Å². The summed E-state index contributed by atoms with van der Waals surface area (Å²) < 4.78 is 6.96. The molecule has 0 aliphatic rings. The van der Waals surface area contributed by atoms with Crippen LogP contribution in [0, 0.1) is 0 Å². The van der Waals surface area contributed by atoms with E-state index in [2.05, 4.69) is 10.4 Å². The highest BCUT2D eigenvalue weighted by Crippen LogP contribution is 2.24. The number of fused-ring (bicyclic) bond motifs is 1. The molecule has 0 unspecified atom stereocenters. The number of hydrogen-bond donors (Lipinski definition) is 2. The minimum absolute atomic E-state index is 0.364. The molecule has 0 spiro atoms. The minimum atomic E-state index is -0.517. The van der Waals surface area contributed by atoms with E-state index in [1.807, 2.05) is 97.0 Å². The highest BCUT2D eigenvalue weighted by Gasteiger charge is 2.16. The molecule has 3 aromatic rings. The largest absolute Gasteiger partial charge is 0.444 e. The van der Waals surface area contributed by atoms with Crippen LogP contribution < -0.4 is 11.1 Å². The molecular formula is C23H34N4O2. The molecule has 0 fully saturated rings. The standard InChI is InChI=1S/C19H22N4O2.2C2H6/c1-19(2,3)25-18(24)21-12-13-9-10-15-16(11-13)22-23(17(15)20)14-7-5-4-6-8-14;2*1-2/h4-11H,12,20H2,1-3H3,(H,21,24);2*1-2H3. The van der Waals surface area contributed by atoms with Crippen LogP contribution in [0.3, 0.4) is 0 Å². The van der Waals surface area contributed by atoms with E-state index in [1.54, 1.807) is 4.68 Å². The van der Waals surface area contributed by atoms with Crippen LogP contribution in [0.25, 0.3) is 16.6 Å². The lowest BCUT2D eigenvalue weighted by molar-refractivity contribution is 0.0523. The fourth-order valence-electron chi connectivity index (χ4n) is 2.52. The molecule has 6 nitrogen and oxygen atoms in total. The first-order valence-corrected chi connectivity index (χ1v) is 10.1. The number of para-hydroxylation sites is 1. The fraction of sp³-hybridized carbons (Fsp3) is 0.391. The third-order valence-electron chi connectivity index (χ3n) is 3.61. The van der Waals surface area contributed by atoms with Crippen molar-refractivity contribution < 1.29 is 9.53 Å². The van der Waals surface area contributed by atoms with Gasteiger partial charge in [-0.3, -0.25) is 0 Å². The molecule has 1 aromatic heterocycles. The number of nitrogens with two attached hydrogens (primary N) is 1. The zero-order valence-corrected chi connectivity index (χ0v) is 18.6. The second kappa shape index (κ2) is 11.1. The van der Waals surface area contributed by atoms with E-state index >= 15 is 0 Å². The monoisotopic (exact) mass is 398 g/mol. The zero-order valence-electron chi connectivity index (χ0n) is 18.6. The number of benzene rings is 2. The summed E-state index contributed by atoms with van der Waals surface area (Å²) in [5.41, 5.74) is 8.32. The number of alkyl carbamates (subject to hydrolysis) is 1. The van der Waals surface area contributed by atoms with E-state index in [9.17, 15) is 4.79 Å². The lowest BCUT2D eigenvalue weighted by atomic mass is 10.1. The van der Waals surface area contributed by atoms with Crippen molar-refractivity contribution in [2.75, 3.05) is 5.73 Å². The minimum Gasteiger partial charge on any atom is -0.444 e. The van der Waals surface area contributed by atoms with Crippen molar-refractivity contribution in [3.8, 4) is 5.69 Å². The maximum absolute atomic E-state index is 11.8. The Balaban J connectivity index is 0.000000989. The third-order valence-corrected chi connectivity index (χ3v) is 3.61. The number of ether oxygens (including phenoxy) is 1. The number of rotatable bonds is 3. The first-order chi connectivity index (χ1) is 13.8. The lowest BCUT2D eigenvalue weighted by Gasteiger charge is -2.19. The summed E-state index contributed by atoms with van der Waals surface area (Å²) in [7, 11) is 0. The molecule has 0 radical (unpaired) electrons. The van der Waals surface area contributed by atoms with Crippen molar-refractivity contribution in [2.24, 2.45) is 0 Å². The molecule has 0 saturated heterocycles. The maximum atomic E-state index is 11.8. The summed E-state index contributed by atoms with van der Waals surface area (Å²) in [5, 5.41) is 8.20. The smallest absolute Gasteiger partial charge is 0.407 e. The quantitative estimate of drug-likeness (QED) is 0.594. The Morgan fingerprint density at radius 3 is 2.28 bits per heavy atom. The van der Waals surface area contributed by atoms with E-state index in [-0.39, 0.29) is 0 Å². The number of aromatic nitrogens is 2. The van der Waals surface area contributed by atoms with Gasteiger partial charge in [-0.25, -0.2) is 9.48 Å². The molecule has 6 heteroatoms. The second-order valence-corrected chi connectivity index (χ2v) is 6.84. The van der Waals surface area contributed by atoms with Crippen LogP contribution in [-0.2, 0) is 11.3 Å². The first-order valence-electron chi connectivity index (χ1n) is 10.1. The normalized spacial score (nSPS) is 10.3. The van der Waals surface area contributed by atoms with Gasteiger partial charge < -0.3 is 15.8 Å². The van der Waals surface area contributed by atoms with Crippen LogP contribution in [0.2, 0.25) is 0 Å². The SMILES string of the molecule is CC.CC.CC(C)(C)OC(=O)NCc1ccc2c(N)n(-c3ccccc3)nc2c1. The molecule has 158 valence electrons. The molecule has 3 rings (SSSR count). The maximum Gasteiger partial charge on any atom is 0.407 e. The summed E-state index contributed by atoms with van der Waals surface area (Å²) >= 11 is 0. The van der Waals surface area contributed by atoms with Gasteiger partial charge in [-0.05, 0) is 50.6 Å². The van der Waals surface area contributed by atoms with Gasteiger partial charge in [0, 0.05) is 11.9 Å². The first kappa shape index (κ1) is 24.0. The number of nitrogens with zero attached hydrogens (tertiary/aromatic N) is 2. The van der Waals surface area contributed by atoms with Crippen molar-refractivity contribution in [1.82, 2.24) is 15.1 Å². The molecule has 0 aliphatic carbocycles. The van der Waals surface area contributed by atoms with E-state index in [1.165, 1.54) is 0 Å². The van der Waals surface area contributed by atoms with Gasteiger partial charge in [-0.1, -0.05) is 52.0 Å². The van der Waals surface area contributed by atoms with Gasteiger partial charge in [0.2, 0.25) is 0 Å². The number of nitrogens with one attached hydrogen (secondary N) is 1. The fourth-order valence-corrected chi connectivity index (χ4v) is 2.52. The van der Waals surface area contributed by atoms with Crippen LogP contribution in [-0.4, -0.2) is 21.5 Å². The molecule has 0 saturated carbocycles. The Hall–Kier alpha value is -3.02. The van der Waals surface area contributed by atoms with Gasteiger partial charge in [-0.2, -0.15) is 5.10 Å². The van der Waals surface area contributed by atoms with Gasteiger partial charge in [0.25, 0.3) is 0 Å². The van der Waals surface area contributed by atoms with Crippen LogP contribution in [0.4, 0.5) is 10.6 Å². The molecule has 1 amide bonds. The summed E-state index contributed by atoms with van der Waals surface area (Å²) in [5.74, 6) is 0.591. The number of carbonyl (C=O) groups is 1. The third kappa shape index (κ3) is 6.82. The summed E-state index contributed by atoms with van der Waals surface area (Å²) in [6.07, 6.45) is -0.443. The van der Waals surface area contributed by atoms with Gasteiger partial charge in [-0.15, -0.1) is 0 Å². The molecule has 1 heterocycles. The Labute approximate surface area is 174 Å². The highest BCUT2D eigenvalue weighted by molar-refractivity contribution is 5.90. The van der Waals surface area contributed by atoms with E-state index < -0.39 is 11.7 Å².